The fourth-order valence-corrected chi connectivity index (χ4v) is 6.07. The van der Waals surface area contributed by atoms with Gasteiger partial charge in [-0.1, -0.05) is 30.7 Å². The Bertz CT molecular complexity index is 1210. The number of hydrogen-bond acceptors (Lipinski definition) is 6. The second-order valence-electron chi connectivity index (χ2n) is 10.3. The second-order valence-corrected chi connectivity index (χ2v) is 10.3. The van der Waals surface area contributed by atoms with Gasteiger partial charge in [0, 0.05) is 29.3 Å². The van der Waals surface area contributed by atoms with Gasteiger partial charge in [-0.15, -0.1) is 0 Å². The molecular weight excluding hydrogens is 466 g/mol. The molecule has 2 aliphatic carbocycles. The molecule has 0 bridgehead atoms. The molecule has 1 fully saturated rings. The molecule has 3 atom stereocenters. The van der Waals surface area contributed by atoms with Crippen LogP contribution in [0, 0.1) is 5.92 Å². The van der Waals surface area contributed by atoms with E-state index in [1.165, 1.54) is 6.42 Å². The number of ether oxygens (including phenoxy) is 3. The summed E-state index contributed by atoms with van der Waals surface area (Å²) in [6.07, 6.45) is 6.14. The topological polar surface area (TPSA) is 74.2 Å². The standard InChI is InChI=1S/C31H35NO5/c1-19-28(31(34)37-25-7-5-4-6-8-25)29(21-11-15-24(36-3)16-12-21)30-26(32-19)17-22(18-27(30)33)20-9-13-23(35-2)14-10-20/h9-16,22,25,28-29H,4-8,17-18H2,1-3H3/t22-,28?,29+/m1/s1. The third-order valence-electron chi connectivity index (χ3n) is 8.04. The first-order valence-corrected chi connectivity index (χ1v) is 13.3. The number of carbonyl (C=O) groups is 2. The number of Topliss-reactive ketones (excluding diaryl/α,β-unsaturated/α-hetero) is 1. The van der Waals surface area contributed by atoms with Crippen molar-refractivity contribution in [2.45, 2.75) is 69.8 Å². The molecular formula is C31H35NO5. The third kappa shape index (κ3) is 5.20. The van der Waals surface area contributed by atoms with E-state index in [9.17, 15) is 9.59 Å². The predicted octanol–water partition coefficient (Wildman–Crippen LogP) is 6.15. The number of aliphatic imine (C=N–C) groups is 1. The van der Waals surface area contributed by atoms with Crippen LogP contribution in [0.15, 0.2) is 64.8 Å². The minimum absolute atomic E-state index is 0.0379. The normalized spacial score (nSPS) is 24.2. The molecule has 1 aliphatic heterocycles. The summed E-state index contributed by atoms with van der Waals surface area (Å²) in [5.74, 6) is 0.303. The van der Waals surface area contributed by atoms with E-state index in [0.29, 0.717) is 24.1 Å². The lowest BCUT2D eigenvalue weighted by Crippen LogP contribution is -2.39. The predicted molar refractivity (Wildman–Crippen MR) is 142 cm³/mol. The zero-order valence-electron chi connectivity index (χ0n) is 21.9. The van der Waals surface area contributed by atoms with Crippen LogP contribution < -0.4 is 9.47 Å². The average Bonchev–Trinajstić information content (AvgIpc) is 2.92. The van der Waals surface area contributed by atoms with Gasteiger partial charge in [0.05, 0.1) is 14.2 Å². The lowest BCUT2D eigenvalue weighted by atomic mass is 9.69. The molecule has 0 N–H and O–H groups in total. The molecule has 37 heavy (non-hydrogen) atoms. The van der Waals surface area contributed by atoms with Crippen LogP contribution in [-0.4, -0.2) is 37.8 Å². The maximum Gasteiger partial charge on any atom is 0.315 e. The number of nitrogens with zero attached hydrogens (tertiary/aromatic N) is 1. The second kappa shape index (κ2) is 10.9. The maximum absolute atomic E-state index is 13.8. The van der Waals surface area contributed by atoms with Crippen molar-refractivity contribution in [1.29, 1.82) is 0 Å². The summed E-state index contributed by atoms with van der Waals surface area (Å²) in [5, 5.41) is 0. The van der Waals surface area contributed by atoms with E-state index in [1.54, 1.807) is 14.2 Å². The number of allylic oxidation sites excluding steroid dienone is 2. The summed E-state index contributed by atoms with van der Waals surface area (Å²) < 4.78 is 16.7. The van der Waals surface area contributed by atoms with Crippen LogP contribution in [0.5, 0.6) is 11.5 Å². The molecule has 6 nitrogen and oxygen atoms in total. The summed E-state index contributed by atoms with van der Waals surface area (Å²) in [5.41, 5.74) is 4.16. The van der Waals surface area contributed by atoms with Crippen LogP contribution in [0.25, 0.3) is 0 Å². The summed E-state index contributed by atoms with van der Waals surface area (Å²) in [6, 6.07) is 15.6. The van der Waals surface area contributed by atoms with Gasteiger partial charge in [0.25, 0.3) is 0 Å². The summed E-state index contributed by atoms with van der Waals surface area (Å²) >= 11 is 0. The number of benzene rings is 2. The van der Waals surface area contributed by atoms with Gasteiger partial charge in [0.1, 0.15) is 23.5 Å². The molecule has 0 spiro atoms. The molecule has 5 rings (SSSR count). The molecule has 194 valence electrons. The molecule has 2 aromatic rings. The molecule has 0 aromatic heterocycles. The van der Waals surface area contributed by atoms with Gasteiger partial charge >= 0.3 is 5.97 Å². The van der Waals surface area contributed by atoms with Crippen molar-refractivity contribution in [1.82, 2.24) is 0 Å². The highest BCUT2D eigenvalue weighted by molar-refractivity contribution is 6.09. The Balaban J connectivity index is 1.50. The number of hydrogen-bond donors (Lipinski definition) is 0. The Morgan fingerprint density at radius 1 is 0.838 bits per heavy atom. The Morgan fingerprint density at radius 3 is 2.03 bits per heavy atom. The first kappa shape index (κ1) is 25.2. The molecule has 0 amide bonds. The van der Waals surface area contributed by atoms with Crippen LogP contribution >= 0.6 is 0 Å². The SMILES string of the molecule is COc1ccc([C@H]2CC(=O)C3=C(C2)N=C(C)C(C(=O)OC2CCCCC2)[C@@H]3c2ccc(OC)cc2)cc1. The molecule has 0 saturated heterocycles. The molecule has 1 unspecified atom stereocenters. The van der Waals surface area contributed by atoms with Gasteiger partial charge in [-0.05, 0) is 80.3 Å². The molecule has 1 heterocycles. The van der Waals surface area contributed by atoms with Crippen LogP contribution in [-0.2, 0) is 14.3 Å². The first-order valence-electron chi connectivity index (χ1n) is 13.3. The maximum atomic E-state index is 13.8. The summed E-state index contributed by atoms with van der Waals surface area (Å²) in [4.78, 5) is 32.3. The average molecular weight is 502 g/mol. The fraction of sp³-hybridized carbons (Fsp3) is 0.452. The summed E-state index contributed by atoms with van der Waals surface area (Å²) in [6.45, 7) is 1.90. The van der Waals surface area contributed by atoms with E-state index >= 15 is 0 Å². The van der Waals surface area contributed by atoms with E-state index in [2.05, 4.69) is 0 Å². The number of rotatable bonds is 6. The van der Waals surface area contributed by atoms with Crippen LogP contribution in [0.4, 0.5) is 0 Å². The Morgan fingerprint density at radius 2 is 1.43 bits per heavy atom. The van der Waals surface area contributed by atoms with Crippen molar-refractivity contribution in [3.8, 4) is 11.5 Å². The van der Waals surface area contributed by atoms with E-state index in [0.717, 1.165) is 54.0 Å². The number of carbonyl (C=O) groups excluding carboxylic acids is 2. The van der Waals surface area contributed by atoms with Crippen molar-refractivity contribution in [3.05, 3.63) is 70.9 Å². The van der Waals surface area contributed by atoms with Crippen LogP contribution in [0.2, 0.25) is 0 Å². The molecule has 3 aliphatic rings. The first-order chi connectivity index (χ1) is 18.0. The van der Waals surface area contributed by atoms with Gasteiger partial charge in [-0.3, -0.25) is 14.6 Å². The fourth-order valence-electron chi connectivity index (χ4n) is 6.07. The van der Waals surface area contributed by atoms with Crippen molar-refractivity contribution in [2.24, 2.45) is 10.9 Å². The lowest BCUT2D eigenvalue weighted by molar-refractivity contribution is -0.153. The quantitative estimate of drug-likeness (QED) is 0.444. The highest BCUT2D eigenvalue weighted by Crippen LogP contribution is 2.47. The Kier molecular flexibility index (Phi) is 7.45. The third-order valence-corrected chi connectivity index (χ3v) is 8.04. The highest BCUT2D eigenvalue weighted by Gasteiger charge is 2.45. The van der Waals surface area contributed by atoms with Crippen molar-refractivity contribution < 1.29 is 23.8 Å². The van der Waals surface area contributed by atoms with Crippen LogP contribution in [0.3, 0.4) is 0 Å². The molecule has 2 aromatic carbocycles. The zero-order chi connectivity index (χ0) is 25.9. The van der Waals surface area contributed by atoms with Gasteiger partial charge in [0.2, 0.25) is 0 Å². The number of esters is 1. The Hall–Kier alpha value is -3.41. The van der Waals surface area contributed by atoms with Gasteiger partial charge in [-0.25, -0.2) is 0 Å². The number of methoxy groups -OCH3 is 2. The van der Waals surface area contributed by atoms with E-state index < -0.39 is 11.8 Å². The summed E-state index contributed by atoms with van der Waals surface area (Å²) in [7, 11) is 3.27. The van der Waals surface area contributed by atoms with E-state index in [-0.39, 0.29) is 23.8 Å². The monoisotopic (exact) mass is 501 g/mol. The van der Waals surface area contributed by atoms with Crippen molar-refractivity contribution in [3.63, 3.8) is 0 Å². The minimum Gasteiger partial charge on any atom is -0.497 e. The number of ketones is 1. The zero-order valence-corrected chi connectivity index (χ0v) is 21.9. The lowest BCUT2D eigenvalue weighted by Gasteiger charge is -2.37. The smallest absolute Gasteiger partial charge is 0.315 e. The van der Waals surface area contributed by atoms with Crippen molar-refractivity contribution in [2.75, 3.05) is 14.2 Å². The molecule has 1 saturated carbocycles. The minimum atomic E-state index is -0.615. The van der Waals surface area contributed by atoms with Crippen molar-refractivity contribution >= 4 is 17.5 Å². The van der Waals surface area contributed by atoms with Crippen LogP contribution in [0.1, 0.15) is 74.8 Å². The van der Waals surface area contributed by atoms with Gasteiger partial charge in [-0.2, -0.15) is 0 Å². The Labute approximate surface area is 218 Å². The largest absolute Gasteiger partial charge is 0.497 e. The molecule has 6 heteroatoms. The van der Waals surface area contributed by atoms with E-state index in [1.807, 2.05) is 55.5 Å². The van der Waals surface area contributed by atoms with E-state index in [4.69, 9.17) is 19.2 Å². The molecule has 0 radical (unpaired) electrons. The highest BCUT2D eigenvalue weighted by atomic mass is 16.5. The van der Waals surface area contributed by atoms with Gasteiger partial charge in [0.15, 0.2) is 5.78 Å². The van der Waals surface area contributed by atoms with Gasteiger partial charge < -0.3 is 14.2 Å².